The quantitative estimate of drug-likeness (QED) is 0.717. The third-order valence-electron chi connectivity index (χ3n) is 1.73. The Hall–Kier alpha value is -1.56. The van der Waals surface area contributed by atoms with Crippen molar-refractivity contribution in [2.45, 2.75) is 19.4 Å². The maximum Gasteiger partial charge on any atom is 0.253 e. The molecule has 0 spiro atoms. The molecule has 0 saturated carbocycles. The smallest absolute Gasteiger partial charge is 0.253 e. The molecular formula is C9H12N4OS. The number of aromatic nitrogens is 2. The van der Waals surface area contributed by atoms with Crippen molar-refractivity contribution in [1.29, 1.82) is 0 Å². The highest BCUT2D eigenvalue weighted by atomic mass is 32.1. The Morgan fingerprint density at radius 3 is 2.93 bits per heavy atom. The van der Waals surface area contributed by atoms with E-state index in [9.17, 15) is 4.79 Å². The maximum absolute atomic E-state index is 11.6. The van der Waals surface area contributed by atoms with Crippen LogP contribution in [0, 0.1) is 0 Å². The number of amides is 1. The number of carbonyl (C=O) groups excluding carboxylic acids is 1. The van der Waals surface area contributed by atoms with Gasteiger partial charge in [-0.25, -0.2) is 0 Å². The standard InChI is InChI=1S/C9H12N4OS/c1-6(4-8(10)15)13-9(14)7-2-3-11-12-5-7/h2-3,5-6H,4H2,1H3,(H2,10,15)(H,13,14). The zero-order valence-corrected chi connectivity index (χ0v) is 9.12. The molecule has 1 aromatic rings. The molecule has 3 N–H and O–H groups in total. The molecule has 80 valence electrons. The van der Waals surface area contributed by atoms with Crippen molar-refractivity contribution in [3.63, 3.8) is 0 Å². The van der Waals surface area contributed by atoms with E-state index in [2.05, 4.69) is 15.5 Å². The summed E-state index contributed by atoms with van der Waals surface area (Å²) < 4.78 is 0. The molecule has 5 nitrogen and oxygen atoms in total. The van der Waals surface area contributed by atoms with Crippen LogP contribution < -0.4 is 11.1 Å². The first-order valence-corrected chi connectivity index (χ1v) is 4.86. The Labute approximate surface area is 93.1 Å². The molecule has 0 radical (unpaired) electrons. The van der Waals surface area contributed by atoms with E-state index < -0.39 is 0 Å². The van der Waals surface area contributed by atoms with Crippen LogP contribution in [0.4, 0.5) is 0 Å². The van der Waals surface area contributed by atoms with Crippen LogP contribution in [0.5, 0.6) is 0 Å². The van der Waals surface area contributed by atoms with E-state index in [1.165, 1.54) is 12.4 Å². The summed E-state index contributed by atoms with van der Waals surface area (Å²) >= 11 is 4.75. The highest BCUT2D eigenvalue weighted by molar-refractivity contribution is 7.80. The molecule has 1 heterocycles. The van der Waals surface area contributed by atoms with Gasteiger partial charge in [-0.05, 0) is 13.0 Å². The summed E-state index contributed by atoms with van der Waals surface area (Å²) in [5.41, 5.74) is 5.84. The van der Waals surface area contributed by atoms with Crippen molar-refractivity contribution in [2.24, 2.45) is 5.73 Å². The molecule has 0 aliphatic carbocycles. The average molecular weight is 224 g/mol. The average Bonchev–Trinajstić information content (AvgIpc) is 2.17. The summed E-state index contributed by atoms with van der Waals surface area (Å²) in [6.07, 6.45) is 3.36. The molecule has 0 fully saturated rings. The van der Waals surface area contributed by atoms with Gasteiger partial charge in [0.2, 0.25) is 0 Å². The second-order valence-corrected chi connectivity index (χ2v) is 3.70. The van der Waals surface area contributed by atoms with Crippen molar-refractivity contribution >= 4 is 23.1 Å². The Morgan fingerprint density at radius 1 is 1.67 bits per heavy atom. The summed E-state index contributed by atoms with van der Waals surface area (Å²) in [6.45, 7) is 1.84. The molecule has 0 bridgehead atoms. The first-order chi connectivity index (χ1) is 7.09. The third kappa shape index (κ3) is 3.99. The highest BCUT2D eigenvalue weighted by Crippen LogP contribution is 1.97. The van der Waals surface area contributed by atoms with Crippen LogP contribution in [-0.4, -0.2) is 27.1 Å². The number of nitrogens with one attached hydrogen (secondary N) is 1. The first kappa shape index (κ1) is 11.5. The van der Waals surface area contributed by atoms with Crippen LogP contribution in [0.25, 0.3) is 0 Å². The molecule has 0 aromatic carbocycles. The molecule has 0 aliphatic heterocycles. The Balaban J connectivity index is 2.53. The number of hydrogen-bond donors (Lipinski definition) is 2. The van der Waals surface area contributed by atoms with Crippen molar-refractivity contribution in [3.05, 3.63) is 24.0 Å². The van der Waals surface area contributed by atoms with Gasteiger partial charge in [-0.3, -0.25) is 4.79 Å². The van der Waals surface area contributed by atoms with E-state index in [1.54, 1.807) is 6.07 Å². The van der Waals surface area contributed by atoms with Gasteiger partial charge in [0, 0.05) is 12.5 Å². The predicted molar refractivity (Wildman–Crippen MR) is 60.4 cm³/mol. The Bertz CT molecular complexity index is 354. The highest BCUT2D eigenvalue weighted by Gasteiger charge is 2.10. The summed E-state index contributed by atoms with van der Waals surface area (Å²) in [7, 11) is 0. The monoisotopic (exact) mass is 224 g/mol. The fourth-order valence-electron chi connectivity index (χ4n) is 1.08. The molecule has 1 amide bonds. The van der Waals surface area contributed by atoms with E-state index >= 15 is 0 Å². The zero-order valence-electron chi connectivity index (χ0n) is 8.30. The zero-order chi connectivity index (χ0) is 11.3. The second kappa shape index (κ2) is 5.35. The summed E-state index contributed by atoms with van der Waals surface area (Å²) in [5, 5.41) is 9.95. The van der Waals surface area contributed by atoms with Gasteiger partial charge < -0.3 is 11.1 Å². The minimum Gasteiger partial charge on any atom is -0.393 e. The van der Waals surface area contributed by atoms with Crippen LogP contribution in [-0.2, 0) is 0 Å². The Kier molecular flexibility index (Phi) is 4.11. The lowest BCUT2D eigenvalue weighted by Crippen LogP contribution is -2.35. The van der Waals surface area contributed by atoms with Crippen LogP contribution in [0.1, 0.15) is 23.7 Å². The molecule has 0 aliphatic rings. The molecule has 6 heteroatoms. The fourth-order valence-corrected chi connectivity index (χ4v) is 1.33. The van der Waals surface area contributed by atoms with E-state index in [1.807, 2.05) is 6.92 Å². The van der Waals surface area contributed by atoms with Gasteiger partial charge in [0.05, 0.1) is 22.9 Å². The van der Waals surface area contributed by atoms with Crippen molar-refractivity contribution < 1.29 is 4.79 Å². The lowest BCUT2D eigenvalue weighted by Gasteiger charge is -2.12. The van der Waals surface area contributed by atoms with Crippen molar-refractivity contribution in [2.75, 3.05) is 0 Å². The molecule has 1 unspecified atom stereocenters. The third-order valence-corrected chi connectivity index (χ3v) is 1.90. The lowest BCUT2D eigenvalue weighted by molar-refractivity contribution is 0.0941. The van der Waals surface area contributed by atoms with Gasteiger partial charge in [-0.1, -0.05) is 12.2 Å². The SMILES string of the molecule is CC(CC(N)=S)NC(=O)c1ccnnc1. The van der Waals surface area contributed by atoms with Crippen molar-refractivity contribution in [3.8, 4) is 0 Å². The number of nitrogens with two attached hydrogens (primary N) is 1. The van der Waals surface area contributed by atoms with E-state index in [-0.39, 0.29) is 11.9 Å². The predicted octanol–water partition coefficient (Wildman–Crippen LogP) is 0.271. The topological polar surface area (TPSA) is 80.9 Å². The normalized spacial score (nSPS) is 11.8. The van der Waals surface area contributed by atoms with E-state index in [0.29, 0.717) is 17.0 Å². The first-order valence-electron chi connectivity index (χ1n) is 4.45. The van der Waals surface area contributed by atoms with Crippen LogP contribution >= 0.6 is 12.2 Å². The van der Waals surface area contributed by atoms with Crippen LogP contribution in [0.3, 0.4) is 0 Å². The summed E-state index contributed by atoms with van der Waals surface area (Å²) in [5.74, 6) is -0.200. The minimum atomic E-state index is -0.200. The van der Waals surface area contributed by atoms with E-state index in [4.69, 9.17) is 18.0 Å². The number of hydrogen-bond acceptors (Lipinski definition) is 4. The van der Waals surface area contributed by atoms with Crippen LogP contribution in [0.2, 0.25) is 0 Å². The van der Waals surface area contributed by atoms with Crippen molar-refractivity contribution in [1.82, 2.24) is 15.5 Å². The largest absolute Gasteiger partial charge is 0.393 e. The van der Waals surface area contributed by atoms with Gasteiger partial charge in [0.25, 0.3) is 5.91 Å². The summed E-state index contributed by atoms with van der Waals surface area (Å²) in [4.78, 5) is 12.0. The number of rotatable bonds is 4. The lowest BCUT2D eigenvalue weighted by atomic mass is 10.2. The van der Waals surface area contributed by atoms with Gasteiger partial charge >= 0.3 is 0 Å². The van der Waals surface area contributed by atoms with Gasteiger partial charge in [-0.2, -0.15) is 10.2 Å². The minimum absolute atomic E-state index is 0.0804. The van der Waals surface area contributed by atoms with E-state index in [0.717, 1.165) is 0 Å². The molecule has 1 rings (SSSR count). The number of thiocarbonyl (C=S) groups is 1. The van der Waals surface area contributed by atoms with Crippen LogP contribution in [0.15, 0.2) is 18.5 Å². The fraction of sp³-hybridized carbons (Fsp3) is 0.333. The number of nitrogens with zero attached hydrogens (tertiary/aromatic N) is 2. The molecule has 15 heavy (non-hydrogen) atoms. The summed E-state index contributed by atoms with van der Waals surface area (Å²) in [6, 6.07) is 1.51. The van der Waals surface area contributed by atoms with Gasteiger partial charge in [-0.15, -0.1) is 0 Å². The Morgan fingerprint density at radius 2 is 2.40 bits per heavy atom. The molecular weight excluding hydrogens is 212 g/mol. The number of carbonyl (C=O) groups is 1. The van der Waals surface area contributed by atoms with Gasteiger partial charge in [0.1, 0.15) is 0 Å². The second-order valence-electron chi connectivity index (χ2n) is 3.18. The molecule has 1 atom stereocenters. The molecule has 1 aromatic heterocycles. The maximum atomic E-state index is 11.6. The van der Waals surface area contributed by atoms with Gasteiger partial charge in [0.15, 0.2) is 0 Å². The molecule has 0 saturated heterocycles.